The minimum Gasteiger partial charge on any atom is -0.343 e. The van der Waals surface area contributed by atoms with E-state index in [1.54, 1.807) is 11.0 Å². The monoisotopic (exact) mass is 421 g/mol. The molecule has 1 saturated heterocycles. The van der Waals surface area contributed by atoms with E-state index in [1.807, 2.05) is 4.90 Å². The molecule has 0 radical (unpaired) electrons. The highest BCUT2D eigenvalue weighted by atomic mass is 35.5. The fourth-order valence-electron chi connectivity index (χ4n) is 2.55. The fraction of sp³-hybridized carbons (Fsp3) is 0.500. The highest BCUT2D eigenvalue weighted by molar-refractivity contribution is 7.90. The highest BCUT2D eigenvalue weighted by Crippen LogP contribution is 2.20. The second kappa shape index (κ2) is 9.03. The van der Waals surface area contributed by atoms with Crippen molar-refractivity contribution in [2.45, 2.75) is 0 Å². The van der Waals surface area contributed by atoms with E-state index in [2.05, 4.69) is 5.32 Å². The second-order valence-corrected chi connectivity index (χ2v) is 9.26. The number of amides is 2. The number of nitrogens with zero attached hydrogens (tertiary/aromatic N) is 2. The van der Waals surface area contributed by atoms with Gasteiger partial charge in [-0.2, -0.15) is 0 Å². The van der Waals surface area contributed by atoms with Gasteiger partial charge in [-0.3, -0.25) is 14.5 Å². The van der Waals surface area contributed by atoms with Crippen LogP contribution in [-0.2, 0) is 14.6 Å². The Balaban J connectivity index is 1.77. The fourth-order valence-corrected chi connectivity index (χ4v) is 3.64. The molecule has 1 fully saturated rings. The molecule has 0 spiro atoms. The molecule has 2 rings (SSSR count). The van der Waals surface area contributed by atoms with Gasteiger partial charge in [-0.1, -0.05) is 23.2 Å². The first kappa shape index (κ1) is 21.0. The van der Waals surface area contributed by atoms with Crippen molar-refractivity contribution < 1.29 is 18.0 Å². The quantitative estimate of drug-likeness (QED) is 0.737. The third-order valence-electron chi connectivity index (χ3n) is 4.08. The summed E-state index contributed by atoms with van der Waals surface area (Å²) in [5, 5.41) is 3.21. The summed E-state index contributed by atoms with van der Waals surface area (Å²) >= 11 is 11.8. The van der Waals surface area contributed by atoms with Gasteiger partial charge in [0.1, 0.15) is 9.84 Å². The lowest BCUT2D eigenvalue weighted by Gasteiger charge is -2.34. The molecule has 0 atom stereocenters. The maximum Gasteiger partial charge on any atom is 0.253 e. The first-order valence-electron chi connectivity index (χ1n) is 8.07. The molecule has 10 heteroatoms. The maximum absolute atomic E-state index is 12.2. The van der Waals surface area contributed by atoms with Crippen molar-refractivity contribution in [2.75, 3.05) is 51.3 Å². The molecule has 1 N–H and O–H groups in total. The minimum atomic E-state index is -2.99. The average molecular weight is 422 g/mol. The van der Waals surface area contributed by atoms with Gasteiger partial charge in [-0.05, 0) is 18.2 Å². The van der Waals surface area contributed by atoms with Crippen molar-refractivity contribution in [3.8, 4) is 0 Å². The van der Waals surface area contributed by atoms with Crippen molar-refractivity contribution in [2.24, 2.45) is 0 Å². The smallest absolute Gasteiger partial charge is 0.253 e. The average Bonchev–Trinajstić information content (AvgIpc) is 2.57. The van der Waals surface area contributed by atoms with Crippen LogP contribution < -0.4 is 5.32 Å². The SMILES string of the molecule is CS(=O)(=O)CCN1CCN(C(=O)CNC(=O)c2ccc(Cl)cc2Cl)CC1. The summed E-state index contributed by atoms with van der Waals surface area (Å²) in [7, 11) is -2.99. The number of benzene rings is 1. The number of halogens is 2. The highest BCUT2D eigenvalue weighted by Gasteiger charge is 2.22. The van der Waals surface area contributed by atoms with Crippen LogP contribution in [-0.4, -0.2) is 81.3 Å². The lowest BCUT2D eigenvalue weighted by Crippen LogP contribution is -2.51. The number of rotatable bonds is 6. The van der Waals surface area contributed by atoms with Gasteiger partial charge in [-0.15, -0.1) is 0 Å². The normalized spacial score (nSPS) is 15.7. The number of piperazine rings is 1. The molecule has 0 saturated carbocycles. The molecular formula is C16H21Cl2N3O4S. The van der Waals surface area contributed by atoms with Crippen molar-refractivity contribution in [3.63, 3.8) is 0 Å². The third-order valence-corrected chi connectivity index (χ3v) is 5.55. The number of nitrogens with one attached hydrogen (secondary N) is 1. The Morgan fingerprint density at radius 1 is 1.15 bits per heavy atom. The van der Waals surface area contributed by atoms with E-state index in [-0.39, 0.29) is 28.8 Å². The van der Waals surface area contributed by atoms with Crippen LogP contribution in [0.15, 0.2) is 18.2 Å². The van der Waals surface area contributed by atoms with Crippen molar-refractivity contribution in [1.82, 2.24) is 15.1 Å². The van der Waals surface area contributed by atoms with Gasteiger partial charge in [0.15, 0.2) is 0 Å². The molecule has 2 amide bonds. The van der Waals surface area contributed by atoms with Gasteiger partial charge in [0, 0.05) is 44.0 Å². The molecule has 1 aliphatic heterocycles. The van der Waals surface area contributed by atoms with Crippen LogP contribution in [0.3, 0.4) is 0 Å². The van der Waals surface area contributed by atoms with Crippen LogP contribution in [0, 0.1) is 0 Å². The maximum atomic E-state index is 12.2. The topological polar surface area (TPSA) is 86.8 Å². The molecular weight excluding hydrogens is 401 g/mol. The van der Waals surface area contributed by atoms with Crippen LogP contribution in [0.25, 0.3) is 0 Å². The Hall–Kier alpha value is -1.35. The van der Waals surface area contributed by atoms with E-state index in [4.69, 9.17) is 23.2 Å². The predicted octanol–water partition coefficient (Wildman–Crippen LogP) is 0.912. The molecule has 1 heterocycles. The van der Waals surface area contributed by atoms with Crippen LogP contribution in [0.2, 0.25) is 10.0 Å². The van der Waals surface area contributed by atoms with Gasteiger partial charge in [0.05, 0.1) is 22.9 Å². The predicted molar refractivity (Wildman–Crippen MR) is 102 cm³/mol. The van der Waals surface area contributed by atoms with Crippen molar-refractivity contribution >= 4 is 44.9 Å². The Morgan fingerprint density at radius 2 is 1.81 bits per heavy atom. The summed E-state index contributed by atoms with van der Waals surface area (Å²) in [4.78, 5) is 28.0. The summed E-state index contributed by atoms with van der Waals surface area (Å²) in [6, 6.07) is 4.53. The van der Waals surface area contributed by atoms with E-state index in [9.17, 15) is 18.0 Å². The van der Waals surface area contributed by atoms with E-state index in [0.29, 0.717) is 37.7 Å². The Kier molecular flexibility index (Phi) is 7.28. The Bertz CT molecular complexity index is 778. The van der Waals surface area contributed by atoms with Crippen LogP contribution in [0.4, 0.5) is 0 Å². The summed E-state index contributed by atoms with van der Waals surface area (Å²) < 4.78 is 22.4. The molecule has 0 aliphatic carbocycles. The standard InChI is InChI=1S/C16H21Cl2N3O4S/c1-26(24,25)9-8-20-4-6-21(7-5-20)15(22)11-19-16(23)13-3-2-12(17)10-14(13)18/h2-3,10H,4-9,11H2,1H3,(H,19,23). The van der Waals surface area contributed by atoms with Crippen molar-refractivity contribution in [1.29, 1.82) is 0 Å². The van der Waals surface area contributed by atoms with Crippen molar-refractivity contribution in [3.05, 3.63) is 33.8 Å². The number of hydrogen-bond acceptors (Lipinski definition) is 5. The molecule has 0 bridgehead atoms. The van der Waals surface area contributed by atoms with Crippen LogP contribution in [0.5, 0.6) is 0 Å². The van der Waals surface area contributed by atoms with Gasteiger partial charge >= 0.3 is 0 Å². The first-order chi connectivity index (χ1) is 12.2. The summed E-state index contributed by atoms with van der Waals surface area (Å²) in [6.45, 7) is 2.56. The number of hydrogen-bond donors (Lipinski definition) is 1. The molecule has 144 valence electrons. The molecule has 0 aromatic heterocycles. The van der Waals surface area contributed by atoms with Gasteiger partial charge < -0.3 is 10.2 Å². The zero-order valence-electron chi connectivity index (χ0n) is 14.4. The van der Waals surface area contributed by atoms with E-state index in [1.165, 1.54) is 18.4 Å². The zero-order valence-corrected chi connectivity index (χ0v) is 16.7. The molecule has 26 heavy (non-hydrogen) atoms. The summed E-state index contributed by atoms with van der Waals surface area (Å²) in [5.41, 5.74) is 0.259. The zero-order chi connectivity index (χ0) is 19.3. The number of carbonyl (C=O) groups excluding carboxylic acids is 2. The van der Waals surface area contributed by atoms with Crippen LogP contribution in [0.1, 0.15) is 10.4 Å². The lowest BCUT2D eigenvalue weighted by atomic mass is 10.2. The largest absolute Gasteiger partial charge is 0.343 e. The molecule has 1 aromatic rings. The second-order valence-electron chi connectivity index (χ2n) is 6.16. The first-order valence-corrected chi connectivity index (χ1v) is 10.9. The van der Waals surface area contributed by atoms with E-state index >= 15 is 0 Å². The molecule has 1 aliphatic rings. The van der Waals surface area contributed by atoms with E-state index < -0.39 is 15.7 Å². The number of carbonyl (C=O) groups is 2. The number of sulfone groups is 1. The van der Waals surface area contributed by atoms with Gasteiger partial charge in [0.25, 0.3) is 5.91 Å². The molecule has 1 aromatic carbocycles. The third kappa shape index (κ3) is 6.42. The Labute approximate surface area is 163 Å². The summed E-state index contributed by atoms with van der Waals surface area (Å²) in [6.07, 6.45) is 1.21. The molecule has 7 nitrogen and oxygen atoms in total. The lowest BCUT2D eigenvalue weighted by molar-refractivity contribution is -0.131. The van der Waals surface area contributed by atoms with Gasteiger partial charge in [0.2, 0.25) is 5.91 Å². The van der Waals surface area contributed by atoms with Crippen LogP contribution >= 0.6 is 23.2 Å². The minimum absolute atomic E-state index is 0.110. The van der Waals surface area contributed by atoms with E-state index in [0.717, 1.165) is 0 Å². The Morgan fingerprint density at radius 3 is 2.38 bits per heavy atom. The van der Waals surface area contributed by atoms with Gasteiger partial charge in [-0.25, -0.2) is 8.42 Å². The molecule has 0 unspecified atom stereocenters. The summed E-state index contributed by atoms with van der Waals surface area (Å²) in [5.74, 6) is -0.517.